The number of halogens is 1. The molecule has 1 aromatic rings. The van der Waals surface area contributed by atoms with Crippen LogP contribution in [0.25, 0.3) is 0 Å². The summed E-state index contributed by atoms with van der Waals surface area (Å²) in [6, 6.07) is 5.84. The van der Waals surface area contributed by atoms with Gasteiger partial charge in [0.15, 0.2) is 0 Å². The smallest absolute Gasteiger partial charge is 0.306 e. The van der Waals surface area contributed by atoms with Crippen LogP contribution in [0, 0.1) is 12.8 Å². The molecule has 0 saturated heterocycles. The molecule has 1 aliphatic carbocycles. The summed E-state index contributed by atoms with van der Waals surface area (Å²) >= 11 is 6.19. The van der Waals surface area contributed by atoms with Gasteiger partial charge in [0.2, 0.25) is 0 Å². The molecular formula is C28H39ClO3. The van der Waals surface area contributed by atoms with Gasteiger partial charge in [-0.2, -0.15) is 0 Å². The standard InChI is InChI=1S/C28H39ClO3/c1-6-9-10-13-24(12-7-2)28(19-21(4)20-28)31-17-11-14-26(32-27(30)8-3)23-15-16-25(29)22(5)18-23/h7,9-10,12-13,15-16,18,21,26H,6,8,11,14,17,19-20H2,1-5H3/b10-9+,12-7-,24-13+. The van der Waals surface area contributed by atoms with E-state index >= 15 is 0 Å². The van der Waals surface area contributed by atoms with Gasteiger partial charge in [-0.3, -0.25) is 4.79 Å². The van der Waals surface area contributed by atoms with E-state index < -0.39 is 0 Å². The highest BCUT2D eigenvalue weighted by Gasteiger charge is 2.45. The first-order chi connectivity index (χ1) is 15.3. The first kappa shape index (κ1) is 26.4. The minimum Gasteiger partial charge on any atom is -0.457 e. The lowest BCUT2D eigenvalue weighted by molar-refractivity contribution is -0.150. The summed E-state index contributed by atoms with van der Waals surface area (Å²) in [6.07, 6.45) is 15.5. The fourth-order valence-electron chi connectivity index (χ4n) is 4.29. The first-order valence-corrected chi connectivity index (χ1v) is 12.3. The molecule has 0 amide bonds. The topological polar surface area (TPSA) is 35.5 Å². The highest BCUT2D eigenvalue weighted by molar-refractivity contribution is 6.31. The number of carbonyl (C=O) groups is 1. The Morgan fingerprint density at radius 2 is 2.06 bits per heavy atom. The molecule has 0 N–H and O–H groups in total. The second-order valence-electron chi connectivity index (χ2n) is 8.80. The lowest BCUT2D eigenvalue weighted by Gasteiger charge is -2.47. The minimum atomic E-state index is -0.281. The van der Waals surface area contributed by atoms with Crippen LogP contribution in [0.4, 0.5) is 0 Å². The summed E-state index contributed by atoms with van der Waals surface area (Å²) in [7, 11) is 0. The molecule has 0 spiro atoms. The number of allylic oxidation sites excluding steroid dienone is 4. The van der Waals surface area contributed by atoms with Gasteiger partial charge in [-0.1, -0.05) is 74.9 Å². The maximum Gasteiger partial charge on any atom is 0.306 e. The van der Waals surface area contributed by atoms with E-state index in [0.29, 0.717) is 18.9 Å². The molecule has 0 bridgehead atoms. The molecule has 4 heteroatoms. The van der Waals surface area contributed by atoms with Crippen molar-refractivity contribution >= 4 is 17.6 Å². The fraction of sp³-hybridized carbons (Fsp3) is 0.536. The molecule has 1 saturated carbocycles. The summed E-state index contributed by atoms with van der Waals surface area (Å²) in [5, 5.41) is 0.721. The lowest BCUT2D eigenvalue weighted by Crippen LogP contribution is -2.46. The number of ether oxygens (including phenoxy) is 2. The van der Waals surface area contributed by atoms with Crippen LogP contribution in [0.2, 0.25) is 5.02 Å². The van der Waals surface area contributed by atoms with E-state index in [1.807, 2.05) is 39.0 Å². The Kier molecular flexibility index (Phi) is 10.7. The highest BCUT2D eigenvalue weighted by atomic mass is 35.5. The van der Waals surface area contributed by atoms with Crippen molar-refractivity contribution in [3.63, 3.8) is 0 Å². The van der Waals surface area contributed by atoms with Gasteiger partial charge in [0.1, 0.15) is 6.10 Å². The third kappa shape index (κ3) is 7.35. The van der Waals surface area contributed by atoms with Crippen LogP contribution in [0.15, 0.2) is 54.2 Å². The summed E-state index contributed by atoms with van der Waals surface area (Å²) in [6.45, 7) is 10.9. The van der Waals surface area contributed by atoms with E-state index in [9.17, 15) is 4.79 Å². The predicted octanol–water partition coefficient (Wildman–Crippen LogP) is 8.08. The van der Waals surface area contributed by atoms with Crippen LogP contribution in [0.5, 0.6) is 0 Å². The largest absolute Gasteiger partial charge is 0.457 e. The number of hydrogen-bond acceptors (Lipinski definition) is 3. The van der Waals surface area contributed by atoms with Crippen LogP contribution >= 0.6 is 11.6 Å². The average Bonchev–Trinajstić information content (AvgIpc) is 2.75. The van der Waals surface area contributed by atoms with Crippen molar-refractivity contribution in [3.05, 3.63) is 70.3 Å². The average molecular weight is 459 g/mol. The molecule has 3 nitrogen and oxygen atoms in total. The van der Waals surface area contributed by atoms with Crippen LogP contribution in [0.1, 0.15) is 83.5 Å². The second-order valence-corrected chi connectivity index (χ2v) is 9.20. The molecule has 1 aliphatic rings. The van der Waals surface area contributed by atoms with Gasteiger partial charge >= 0.3 is 5.97 Å². The summed E-state index contributed by atoms with van der Waals surface area (Å²) in [5.74, 6) is 0.475. The van der Waals surface area contributed by atoms with Gasteiger partial charge in [0, 0.05) is 18.1 Å². The monoisotopic (exact) mass is 458 g/mol. The van der Waals surface area contributed by atoms with Crippen molar-refractivity contribution in [2.45, 2.75) is 84.8 Å². The Labute approximate surface area is 199 Å². The van der Waals surface area contributed by atoms with Gasteiger partial charge < -0.3 is 9.47 Å². The van der Waals surface area contributed by atoms with Gasteiger partial charge in [0.25, 0.3) is 0 Å². The third-order valence-corrected chi connectivity index (χ3v) is 6.41. The molecule has 0 aliphatic heterocycles. The Hall–Kier alpha value is -1.84. The van der Waals surface area contributed by atoms with Gasteiger partial charge in [-0.05, 0) is 74.6 Å². The van der Waals surface area contributed by atoms with Gasteiger partial charge in [-0.15, -0.1) is 0 Å². The molecule has 0 aromatic heterocycles. The van der Waals surface area contributed by atoms with Gasteiger partial charge in [0.05, 0.1) is 5.60 Å². The van der Waals surface area contributed by atoms with E-state index in [1.54, 1.807) is 0 Å². The molecule has 1 atom stereocenters. The van der Waals surface area contributed by atoms with Crippen molar-refractivity contribution < 1.29 is 14.3 Å². The highest BCUT2D eigenvalue weighted by Crippen LogP contribution is 2.46. The van der Waals surface area contributed by atoms with Crippen molar-refractivity contribution in [3.8, 4) is 0 Å². The number of rotatable bonds is 12. The lowest BCUT2D eigenvalue weighted by atomic mass is 9.67. The number of esters is 1. The van der Waals surface area contributed by atoms with Crippen molar-refractivity contribution in [1.82, 2.24) is 0 Å². The summed E-state index contributed by atoms with van der Waals surface area (Å²) in [5.41, 5.74) is 3.00. The maximum absolute atomic E-state index is 12.0. The molecule has 2 rings (SSSR count). The fourth-order valence-corrected chi connectivity index (χ4v) is 4.41. The number of carbonyl (C=O) groups excluding carboxylic acids is 1. The van der Waals surface area contributed by atoms with E-state index in [-0.39, 0.29) is 17.7 Å². The quantitative estimate of drug-likeness (QED) is 0.180. The SMILES string of the molecule is C\C=C/C(=C\C=C\CC)C1(OCCCC(OC(=O)CC)c2ccc(Cl)c(C)c2)CC(C)C1. The Balaban J connectivity index is 2.06. The summed E-state index contributed by atoms with van der Waals surface area (Å²) < 4.78 is 12.3. The molecule has 0 radical (unpaired) electrons. The molecule has 32 heavy (non-hydrogen) atoms. The van der Waals surface area contributed by atoms with E-state index in [4.69, 9.17) is 21.1 Å². The maximum atomic E-state index is 12.0. The summed E-state index contributed by atoms with van der Waals surface area (Å²) in [4.78, 5) is 12.0. The molecule has 1 fully saturated rings. The molecule has 0 heterocycles. The number of aryl methyl sites for hydroxylation is 1. The van der Waals surface area contributed by atoms with E-state index in [2.05, 4.69) is 44.2 Å². The molecular weight excluding hydrogens is 420 g/mol. The number of benzene rings is 1. The Morgan fingerprint density at radius 1 is 1.31 bits per heavy atom. The van der Waals surface area contributed by atoms with E-state index in [1.165, 1.54) is 5.57 Å². The zero-order valence-corrected chi connectivity index (χ0v) is 21.1. The predicted molar refractivity (Wildman–Crippen MR) is 134 cm³/mol. The first-order valence-electron chi connectivity index (χ1n) is 11.9. The molecule has 176 valence electrons. The van der Waals surface area contributed by atoms with Crippen molar-refractivity contribution in [2.24, 2.45) is 5.92 Å². The van der Waals surface area contributed by atoms with Crippen LogP contribution in [-0.2, 0) is 14.3 Å². The zero-order valence-electron chi connectivity index (χ0n) is 20.3. The molecule has 1 aromatic carbocycles. The van der Waals surface area contributed by atoms with Crippen molar-refractivity contribution in [1.29, 1.82) is 0 Å². The Bertz CT molecular complexity index is 831. The third-order valence-electron chi connectivity index (χ3n) is 5.98. The minimum absolute atomic E-state index is 0.186. The van der Waals surface area contributed by atoms with Crippen LogP contribution in [-0.4, -0.2) is 18.2 Å². The second kappa shape index (κ2) is 13.0. The van der Waals surface area contributed by atoms with Crippen LogP contribution < -0.4 is 0 Å². The van der Waals surface area contributed by atoms with Crippen molar-refractivity contribution in [2.75, 3.05) is 6.61 Å². The normalized spacial score (nSPS) is 22.3. The zero-order chi connectivity index (χ0) is 23.6. The van der Waals surface area contributed by atoms with E-state index in [0.717, 1.165) is 48.3 Å². The Morgan fingerprint density at radius 3 is 2.66 bits per heavy atom. The molecule has 1 unspecified atom stereocenters. The number of hydrogen-bond donors (Lipinski definition) is 0. The van der Waals surface area contributed by atoms with Gasteiger partial charge in [-0.25, -0.2) is 0 Å². The van der Waals surface area contributed by atoms with Crippen LogP contribution in [0.3, 0.4) is 0 Å².